The number of hydrogen-bond acceptors (Lipinski definition) is 1. The van der Waals surface area contributed by atoms with Crippen LogP contribution in [-0.2, 0) is 4.74 Å². The Bertz CT molecular complexity index is 320. The van der Waals surface area contributed by atoms with Crippen LogP contribution in [0.25, 0.3) is 0 Å². The van der Waals surface area contributed by atoms with Gasteiger partial charge >= 0.3 is 0 Å². The predicted octanol–water partition coefficient (Wildman–Crippen LogP) is 3.50. The van der Waals surface area contributed by atoms with E-state index in [1.807, 2.05) is 12.1 Å². The van der Waals surface area contributed by atoms with E-state index in [2.05, 4.69) is 13.8 Å². The molecule has 0 N–H and O–H groups in total. The maximum Gasteiger partial charge on any atom is 0.123 e. The molecule has 1 aliphatic rings. The Kier molecular flexibility index (Phi) is 3.06. The minimum absolute atomic E-state index is 0.162. The molecule has 0 saturated carbocycles. The van der Waals surface area contributed by atoms with Gasteiger partial charge in [-0.2, -0.15) is 0 Å². The highest BCUT2D eigenvalue weighted by Crippen LogP contribution is 2.34. The van der Waals surface area contributed by atoms with Gasteiger partial charge in [0.1, 0.15) is 5.82 Å². The predicted molar refractivity (Wildman–Crippen MR) is 58.4 cm³/mol. The highest BCUT2D eigenvalue weighted by molar-refractivity contribution is 5.20. The summed E-state index contributed by atoms with van der Waals surface area (Å²) < 4.78 is 18.2. The van der Waals surface area contributed by atoms with Crippen LogP contribution in [0.5, 0.6) is 0 Å². The average Bonchev–Trinajstić information content (AvgIpc) is 2.92. The molecule has 0 amide bonds. The highest BCUT2D eigenvalue weighted by Gasteiger charge is 2.35. The van der Waals surface area contributed by atoms with Gasteiger partial charge in [0.05, 0.1) is 12.2 Å². The van der Waals surface area contributed by atoms with Crippen LogP contribution in [0.3, 0.4) is 0 Å². The standard InChI is InChI=1S/C13H17FO/c1-3-10(8-13-9(2)15-13)11-4-6-12(14)7-5-11/h4-7,9-10,13H,3,8H2,1-2H3. The summed E-state index contributed by atoms with van der Waals surface area (Å²) in [6, 6.07) is 6.84. The third-order valence-corrected chi connectivity index (χ3v) is 3.19. The maximum absolute atomic E-state index is 12.8. The van der Waals surface area contributed by atoms with Crippen molar-refractivity contribution >= 4 is 0 Å². The lowest BCUT2D eigenvalue weighted by atomic mass is 9.91. The second-order valence-corrected chi connectivity index (χ2v) is 4.27. The molecule has 0 aromatic heterocycles. The van der Waals surface area contributed by atoms with Crippen molar-refractivity contribution in [1.82, 2.24) is 0 Å². The highest BCUT2D eigenvalue weighted by atomic mass is 19.1. The van der Waals surface area contributed by atoms with Crippen molar-refractivity contribution < 1.29 is 9.13 Å². The Morgan fingerprint density at radius 1 is 1.33 bits per heavy atom. The van der Waals surface area contributed by atoms with E-state index in [9.17, 15) is 4.39 Å². The number of halogens is 1. The van der Waals surface area contributed by atoms with E-state index in [1.165, 1.54) is 17.7 Å². The van der Waals surface area contributed by atoms with Gasteiger partial charge in [-0.05, 0) is 43.4 Å². The topological polar surface area (TPSA) is 12.5 Å². The summed E-state index contributed by atoms with van der Waals surface area (Å²) in [5.41, 5.74) is 1.22. The summed E-state index contributed by atoms with van der Waals surface area (Å²) in [6.07, 6.45) is 2.97. The van der Waals surface area contributed by atoms with Crippen molar-refractivity contribution in [2.75, 3.05) is 0 Å². The van der Waals surface area contributed by atoms with E-state index < -0.39 is 0 Å². The van der Waals surface area contributed by atoms with Gasteiger partial charge in [-0.3, -0.25) is 0 Å². The van der Waals surface area contributed by atoms with Crippen molar-refractivity contribution in [2.24, 2.45) is 0 Å². The van der Waals surface area contributed by atoms with Crippen molar-refractivity contribution in [2.45, 2.75) is 44.8 Å². The monoisotopic (exact) mass is 208 g/mol. The fourth-order valence-electron chi connectivity index (χ4n) is 2.03. The first-order chi connectivity index (χ1) is 7.20. The lowest BCUT2D eigenvalue weighted by molar-refractivity contribution is 0.357. The molecule has 1 nitrogen and oxygen atoms in total. The molecule has 2 heteroatoms. The van der Waals surface area contributed by atoms with Crippen molar-refractivity contribution in [1.29, 1.82) is 0 Å². The molecule has 1 aromatic rings. The number of hydrogen-bond donors (Lipinski definition) is 0. The molecule has 1 saturated heterocycles. The van der Waals surface area contributed by atoms with E-state index in [0.717, 1.165) is 12.8 Å². The maximum atomic E-state index is 12.8. The molecular weight excluding hydrogens is 191 g/mol. The lowest BCUT2D eigenvalue weighted by Gasteiger charge is -2.13. The number of benzene rings is 1. The van der Waals surface area contributed by atoms with Gasteiger partial charge in [0.15, 0.2) is 0 Å². The second kappa shape index (κ2) is 4.31. The normalized spacial score (nSPS) is 26.3. The molecule has 1 fully saturated rings. The van der Waals surface area contributed by atoms with Gasteiger partial charge in [0.2, 0.25) is 0 Å². The summed E-state index contributed by atoms with van der Waals surface area (Å²) >= 11 is 0. The zero-order valence-corrected chi connectivity index (χ0v) is 9.24. The van der Waals surface area contributed by atoms with Crippen LogP contribution in [-0.4, -0.2) is 12.2 Å². The van der Waals surface area contributed by atoms with Crippen LogP contribution in [0.1, 0.15) is 38.2 Å². The number of ether oxygens (including phenoxy) is 1. The average molecular weight is 208 g/mol. The molecule has 1 aromatic carbocycles. The van der Waals surface area contributed by atoms with Crippen LogP contribution in [0.2, 0.25) is 0 Å². The lowest BCUT2D eigenvalue weighted by Crippen LogP contribution is -2.03. The SMILES string of the molecule is CCC(CC1OC1C)c1ccc(F)cc1. The van der Waals surface area contributed by atoms with Crippen LogP contribution < -0.4 is 0 Å². The fourth-order valence-corrected chi connectivity index (χ4v) is 2.03. The molecule has 1 heterocycles. The first-order valence-corrected chi connectivity index (χ1v) is 5.61. The second-order valence-electron chi connectivity index (χ2n) is 4.27. The molecule has 3 unspecified atom stereocenters. The molecule has 3 atom stereocenters. The van der Waals surface area contributed by atoms with Gasteiger partial charge in [-0.25, -0.2) is 4.39 Å². The summed E-state index contributed by atoms with van der Waals surface area (Å²) in [5.74, 6) is 0.338. The Hall–Kier alpha value is -0.890. The molecule has 0 aliphatic carbocycles. The van der Waals surface area contributed by atoms with E-state index in [0.29, 0.717) is 18.1 Å². The van der Waals surface area contributed by atoms with Crippen LogP contribution in [0.15, 0.2) is 24.3 Å². The van der Waals surface area contributed by atoms with Gasteiger partial charge in [-0.1, -0.05) is 19.1 Å². The zero-order chi connectivity index (χ0) is 10.8. The summed E-state index contributed by atoms with van der Waals surface area (Å²) in [4.78, 5) is 0. The first kappa shape index (κ1) is 10.6. The van der Waals surface area contributed by atoms with Crippen molar-refractivity contribution in [3.63, 3.8) is 0 Å². The Balaban J connectivity index is 2.02. The molecule has 0 spiro atoms. The quantitative estimate of drug-likeness (QED) is 0.690. The molecule has 15 heavy (non-hydrogen) atoms. The van der Waals surface area contributed by atoms with Crippen molar-refractivity contribution in [3.05, 3.63) is 35.6 Å². The van der Waals surface area contributed by atoms with E-state index in [1.54, 1.807) is 0 Å². The molecule has 0 radical (unpaired) electrons. The van der Waals surface area contributed by atoms with E-state index in [4.69, 9.17) is 4.74 Å². The van der Waals surface area contributed by atoms with E-state index >= 15 is 0 Å². The third-order valence-electron chi connectivity index (χ3n) is 3.19. The molecule has 1 aliphatic heterocycles. The Labute approximate surface area is 90.3 Å². The zero-order valence-electron chi connectivity index (χ0n) is 9.24. The third kappa shape index (κ3) is 2.57. The largest absolute Gasteiger partial charge is 0.370 e. The van der Waals surface area contributed by atoms with E-state index in [-0.39, 0.29) is 5.82 Å². The Morgan fingerprint density at radius 3 is 2.40 bits per heavy atom. The Morgan fingerprint density at radius 2 is 1.93 bits per heavy atom. The van der Waals surface area contributed by atoms with Gasteiger partial charge in [0, 0.05) is 0 Å². The van der Waals surface area contributed by atoms with Crippen molar-refractivity contribution in [3.8, 4) is 0 Å². The molecule has 0 bridgehead atoms. The van der Waals surface area contributed by atoms with Gasteiger partial charge in [-0.15, -0.1) is 0 Å². The van der Waals surface area contributed by atoms with Gasteiger partial charge in [0.25, 0.3) is 0 Å². The number of epoxide rings is 1. The fraction of sp³-hybridized carbons (Fsp3) is 0.538. The molecular formula is C13H17FO. The number of rotatable bonds is 4. The van der Waals surface area contributed by atoms with Crippen LogP contribution in [0.4, 0.5) is 4.39 Å². The van der Waals surface area contributed by atoms with Crippen LogP contribution in [0, 0.1) is 5.82 Å². The molecule has 2 rings (SSSR count). The minimum atomic E-state index is -0.162. The summed E-state index contributed by atoms with van der Waals surface area (Å²) in [7, 11) is 0. The van der Waals surface area contributed by atoms with Crippen LogP contribution >= 0.6 is 0 Å². The molecule has 82 valence electrons. The first-order valence-electron chi connectivity index (χ1n) is 5.61. The minimum Gasteiger partial charge on any atom is -0.370 e. The summed E-state index contributed by atoms with van der Waals surface area (Å²) in [6.45, 7) is 4.27. The van der Waals surface area contributed by atoms with Gasteiger partial charge < -0.3 is 4.74 Å². The summed E-state index contributed by atoms with van der Waals surface area (Å²) in [5, 5.41) is 0. The smallest absolute Gasteiger partial charge is 0.123 e.